The summed E-state index contributed by atoms with van der Waals surface area (Å²) in [4.78, 5) is 25.5. The molecule has 1 fully saturated rings. The topological polar surface area (TPSA) is 68.2 Å². The number of hydrogen-bond donors (Lipinski definition) is 0. The number of rotatable bonds is 3. The minimum absolute atomic E-state index is 0.0153. The lowest BCUT2D eigenvalue weighted by Gasteiger charge is -2.30. The molecule has 1 aromatic heterocycles. The van der Waals surface area contributed by atoms with Crippen molar-refractivity contribution in [2.45, 2.75) is 19.8 Å². The van der Waals surface area contributed by atoms with Crippen LogP contribution in [-0.2, 0) is 9.53 Å². The highest BCUT2D eigenvalue weighted by Gasteiger charge is 2.27. The highest BCUT2D eigenvalue weighted by atomic mass is 35.5. The van der Waals surface area contributed by atoms with Gasteiger partial charge in [0.1, 0.15) is 6.33 Å². The van der Waals surface area contributed by atoms with Crippen molar-refractivity contribution in [1.29, 1.82) is 0 Å². The number of carbonyl (C=O) groups is 1. The Labute approximate surface area is 110 Å². The third-order valence-electron chi connectivity index (χ3n) is 2.93. The molecule has 98 valence electrons. The number of halogens is 1. The lowest BCUT2D eigenvalue weighted by molar-refractivity contribution is -0.148. The maximum absolute atomic E-state index is 11.6. The molecule has 7 heteroatoms. The van der Waals surface area contributed by atoms with E-state index in [1.807, 2.05) is 11.8 Å². The summed E-state index contributed by atoms with van der Waals surface area (Å²) in [5, 5.41) is 0.188. The molecule has 0 amide bonds. The minimum Gasteiger partial charge on any atom is -0.466 e. The van der Waals surface area contributed by atoms with E-state index in [4.69, 9.17) is 16.3 Å². The predicted octanol–water partition coefficient (Wildman–Crippen LogP) is 1.30. The van der Waals surface area contributed by atoms with Crippen LogP contribution in [0, 0.1) is 5.92 Å². The first-order valence-corrected chi connectivity index (χ1v) is 6.34. The fourth-order valence-electron chi connectivity index (χ4n) is 2.00. The Morgan fingerprint density at radius 3 is 2.83 bits per heavy atom. The Bertz CT molecular complexity index is 421. The first-order valence-electron chi connectivity index (χ1n) is 5.97. The van der Waals surface area contributed by atoms with Crippen LogP contribution >= 0.6 is 11.6 Å². The number of nitrogens with zero attached hydrogens (tertiary/aromatic N) is 4. The maximum atomic E-state index is 11.6. The summed E-state index contributed by atoms with van der Waals surface area (Å²) in [5.41, 5.74) is 0. The number of piperidine rings is 1. The lowest BCUT2D eigenvalue weighted by atomic mass is 9.97. The summed E-state index contributed by atoms with van der Waals surface area (Å²) >= 11 is 5.72. The van der Waals surface area contributed by atoms with Gasteiger partial charge in [-0.15, -0.1) is 0 Å². The number of hydrogen-bond acceptors (Lipinski definition) is 6. The molecule has 2 rings (SSSR count). The van der Waals surface area contributed by atoms with E-state index in [0.29, 0.717) is 12.6 Å². The van der Waals surface area contributed by atoms with Gasteiger partial charge in [-0.05, 0) is 31.4 Å². The van der Waals surface area contributed by atoms with Crippen LogP contribution in [0.2, 0.25) is 5.28 Å². The number of esters is 1. The van der Waals surface area contributed by atoms with Gasteiger partial charge in [-0.2, -0.15) is 4.98 Å². The quantitative estimate of drug-likeness (QED) is 0.772. The van der Waals surface area contributed by atoms with Crippen LogP contribution < -0.4 is 4.90 Å². The Balaban J connectivity index is 1.92. The van der Waals surface area contributed by atoms with E-state index in [-0.39, 0.29) is 17.2 Å². The Hall–Kier alpha value is -1.43. The second-order valence-electron chi connectivity index (χ2n) is 4.07. The second-order valence-corrected chi connectivity index (χ2v) is 4.41. The summed E-state index contributed by atoms with van der Waals surface area (Å²) in [6.45, 7) is 3.70. The Kier molecular flexibility index (Phi) is 4.30. The van der Waals surface area contributed by atoms with Crippen LogP contribution in [-0.4, -0.2) is 40.6 Å². The molecule has 0 unspecified atom stereocenters. The summed E-state index contributed by atoms with van der Waals surface area (Å²) in [7, 11) is 0. The van der Waals surface area contributed by atoms with Crippen molar-refractivity contribution < 1.29 is 9.53 Å². The Morgan fingerprint density at radius 2 is 2.22 bits per heavy atom. The minimum atomic E-state index is -0.106. The standard InChI is InChI=1S/C11H15ClN4O2/c1-2-18-9(17)8-3-5-16(6-4-8)11-14-7-13-10(12)15-11/h7-8H,2-6H2,1H3. The normalized spacial score (nSPS) is 16.7. The molecule has 0 saturated carbocycles. The average molecular weight is 271 g/mol. The van der Waals surface area contributed by atoms with Crippen LogP contribution in [0.4, 0.5) is 5.95 Å². The van der Waals surface area contributed by atoms with Gasteiger partial charge in [0, 0.05) is 13.1 Å². The summed E-state index contributed by atoms with van der Waals surface area (Å²) < 4.78 is 5.02. The molecule has 1 aliphatic heterocycles. The van der Waals surface area contributed by atoms with Crippen molar-refractivity contribution in [2.24, 2.45) is 5.92 Å². The van der Waals surface area contributed by atoms with Crippen molar-refractivity contribution in [2.75, 3.05) is 24.6 Å². The van der Waals surface area contributed by atoms with Crippen molar-refractivity contribution in [3.63, 3.8) is 0 Å². The fraction of sp³-hybridized carbons (Fsp3) is 0.636. The third-order valence-corrected chi connectivity index (χ3v) is 3.11. The molecule has 1 aliphatic rings. The molecule has 0 spiro atoms. The van der Waals surface area contributed by atoms with Gasteiger partial charge < -0.3 is 9.64 Å². The number of ether oxygens (including phenoxy) is 1. The molecule has 18 heavy (non-hydrogen) atoms. The largest absolute Gasteiger partial charge is 0.466 e. The van der Waals surface area contributed by atoms with Crippen LogP contribution in [0.1, 0.15) is 19.8 Å². The van der Waals surface area contributed by atoms with Gasteiger partial charge in [0.25, 0.3) is 0 Å². The average Bonchev–Trinajstić information content (AvgIpc) is 2.39. The van der Waals surface area contributed by atoms with Gasteiger partial charge in [0.15, 0.2) is 0 Å². The number of aromatic nitrogens is 3. The van der Waals surface area contributed by atoms with Gasteiger partial charge in [0.05, 0.1) is 12.5 Å². The van der Waals surface area contributed by atoms with E-state index in [0.717, 1.165) is 25.9 Å². The first kappa shape index (κ1) is 13.0. The molecule has 6 nitrogen and oxygen atoms in total. The molecule has 1 aromatic rings. The Morgan fingerprint density at radius 1 is 1.50 bits per heavy atom. The highest BCUT2D eigenvalue weighted by Crippen LogP contribution is 2.21. The summed E-state index contributed by atoms with van der Waals surface area (Å²) in [6, 6.07) is 0. The van der Waals surface area contributed by atoms with E-state index in [1.165, 1.54) is 6.33 Å². The SMILES string of the molecule is CCOC(=O)C1CCN(c2ncnc(Cl)n2)CC1. The number of anilines is 1. The predicted molar refractivity (Wildman–Crippen MR) is 66.4 cm³/mol. The lowest BCUT2D eigenvalue weighted by Crippen LogP contribution is -2.37. The van der Waals surface area contributed by atoms with Crippen molar-refractivity contribution in [3.05, 3.63) is 11.6 Å². The van der Waals surface area contributed by atoms with E-state index >= 15 is 0 Å². The molecular weight excluding hydrogens is 256 g/mol. The fourth-order valence-corrected chi connectivity index (χ4v) is 2.12. The molecule has 0 radical (unpaired) electrons. The molecule has 0 aromatic carbocycles. The molecule has 1 saturated heterocycles. The molecule has 0 bridgehead atoms. The molecular formula is C11H15ClN4O2. The molecule has 2 heterocycles. The molecule has 0 aliphatic carbocycles. The van der Waals surface area contributed by atoms with Crippen LogP contribution in [0.3, 0.4) is 0 Å². The zero-order valence-electron chi connectivity index (χ0n) is 10.2. The maximum Gasteiger partial charge on any atom is 0.309 e. The monoisotopic (exact) mass is 270 g/mol. The van der Waals surface area contributed by atoms with Crippen LogP contribution in [0.15, 0.2) is 6.33 Å². The summed E-state index contributed by atoms with van der Waals surface area (Å²) in [5.74, 6) is 0.446. The third kappa shape index (κ3) is 3.07. The van der Waals surface area contributed by atoms with E-state index in [9.17, 15) is 4.79 Å². The zero-order chi connectivity index (χ0) is 13.0. The van der Waals surface area contributed by atoms with E-state index in [2.05, 4.69) is 15.0 Å². The van der Waals surface area contributed by atoms with Crippen LogP contribution in [0.25, 0.3) is 0 Å². The van der Waals surface area contributed by atoms with Gasteiger partial charge in [0.2, 0.25) is 11.2 Å². The van der Waals surface area contributed by atoms with E-state index in [1.54, 1.807) is 0 Å². The van der Waals surface area contributed by atoms with Crippen LogP contribution in [0.5, 0.6) is 0 Å². The highest BCUT2D eigenvalue weighted by molar-refractivity contribution is 6.28. The second kappa shape index (κ2) is 5.95. The first-order chi connectivity index (χ1) is 8.70. The summed E-state index contributed by atoms with van der Waals surface area (Å²) in [6.07, 6.45) is 2.90. The molecule has 0 atom stereocenters. The van der Waals surface area contributed by atoms with Gasteiger partial charge in [-0.1, -0.05) is 0 Å². The van der Waals surface area contributed by atoms with Gasteiger partial charge in [-0.3, -0.25) is 4.79 Å². The van der Waals surface area contributed by atoms with Gasteiger partial charge >= 0.3 is 5.97 Å². The zero-order valence-corrected chi connectivity index (χ0v) is 10.9. The van der Waals surface area contributed by atoms with Crippen molar-refractivity contribution in [1.82, 2.24) is 15.0 Å². The van der Waals surface area contributed by atoms with Crippen molar-refractivity contribution in [3.8, 4) is 0 Å². The number of carbonyl (C=O) groups excluding carboxylic acids is 1. The van der Waals surface area contributed by atoms with E-state index < -0.39 is 0 Å². The molecule has 0 N–H and O–H groups in total. The van der Waals surface area contributed by atoms with Gasteiger partial charge in [-0.25, -0.2) is 9.97 Å². The smallest absolute Gasteiger partial charge is 0.309 e. The van der Waals surface area contributed by atoms with Crippen molar-refractivity contribution >= 4 is 23.5 Å².